The molecule has 2 aromatic rings. The molecule has 0 amide bonds. The minimum absolute atomic E-state index is 0.329. The second-order valence-electron chi connectivity index (χ2n) is 2.85. The average molecular weight is 190 g/mol. The normalized spacial score (nSPS) is 10.4. The van der Waals surface area contributed by atoms with Gasteiger partial charge in [-0.05, 0) is 13.0 Å². The lowest BCUT2D eigenvalue weighted by molar-refractivity contribution is 0.0528. The number of hydrogen-bond acceptors (Lipinski definition) is 3. The number of nitrogens with zero attached hydrogens (tertiary/aromatic N) is 1. The number of aromatic amines is 1. The molecule has 2 aromatic heterocycles. The smallest absolute Gasteiger partial charge is 0.340 e. The molecule has 72 valence electrons. The summed E-state index contributed by atoms with van der Waals surface area (Å²) in [5, 5.41) is 0.846. The maximum Gasteiger partial charge on any atom is 0.340 e. The molecule has 0 aromatic carbocycles. The first kappa shape index (κ1) is 8.74. The second-order valence-corrected chi connectivity index (χ2v) is 2.85. The van der Waals surface area contributed by atoms with Crippen LogP contribution in [0.3, 0.4) is 0 Å². The molecule has 0 saturated carbocycles. The third-order valence-corrected chi connectivity index (χ3v) is 1.97. The number of rotatable bonds is 2. The topological polar surface area (TPSA) is 55.0 Å². The molecular formula is C10H10N2O2. The van der Waals surface area contributed by atoms with Crippen LogP contribution in [0.2, 0.25) is 0 Å². The van der Waals surface area contributed by atoms with Crippen LogP contribution in [0.5, 0.6) is 0 Å². The van der Waals surface area contributed by atoms with E-state index in [2.05, 4.69) is 9.97 Å². The summed E-state index contributed by atoms with van der Waals surface area (Å²) in [6.07, 6.45) is 4.97. The summed E-state index contributed by atoms with van der Waals surface area (Å²) in [4.78, 5) is 18.4. The van der Waals surface area contributed by atoms with Crippen molar-refractivity contribution in [3.05, 3.63) is 30.2 Å². The van der Waals surface area contributed by atoms with E-state index in [-0.39, 0.29) is 5.97 Å². The Hall–Kier alpha value is -1.84. The molecular weight excluding hydrogens is 180 g/mol. The number of H-pyrrole nitrogens is 1. The Labute approximate surface area is 80.9 Å². The van der Waals surface area contributed by atoms with Crippen LogP contribution in [-0.2, 0) is 4.74 Å². The van der Waals surface area contributed by atoms with Gasteiger partial charge >= 0.3 is 5.97 Å². The van der Waals surface area contributed by atoms with Crippen LogP contribution in [0.15, 0.2) is 24.7 Å². The lowest BCUT2D eigenvalue weighted by Gasteiger charge is -2.01. The lowest BCUT2D eigenvalue weighted by Crippen LogP contribution is -2.05. The summed E-state index contributed by atoms with van der Waals surface area (Å²) in [5.74, 6) is -0.329. The van der Waals surface area contributed by atoms with Crippen molar-refractivity contribution in [3.8, 4) is 0 Å². The number of esters is 1. The molecule has 0 aliphatic carbocycles. The minimum Gasteiger partial charge on any atom is -0.462 e. The molecule has 0 bridgehead atoms. The first-order chi connectivity index (χ1) is 6.83. The lowest BCUT2D eigenvalue weighted by atomic mass is 10.2. The van der Waals surface area contributed by atoms with Crippen LogP contribution in [-0.4, -0.2) is 22.5 Å². The Morgan fingerprint density at radius 2 is 2.43 bits per heavy atom. The average Bonchev–Trinajstić information content (AvgIpc) is 2.65. The standard InChI is InChI=1S/C10H10N2O2/c1-2-14-10(13)8-5-11-6-9-7(8)3-4-12-9/h3-6,12H,2H2,1H3. The predicted octanol–water partition coefficient (Wildman–Crippen LogP) is 1.74. The summed E-state index contributed by atoms with van der Waals surface area (Å²) in [6, 6.07) is 1.84. The van der Waals surface area contributed by atoms with Gasteiger partial charge in [0.2, 0.25) is 0 Å². The first-order valence-corrected chi connectivity index (χ1v) is 4.41. The first-order valence-electron chi connectivity index (χ1n) is 4.41. The highest BCUT2D eigenvalue weighted by molar-refractivity contribution is 6.03. The number of nitrogens with one attached hydrogen (secondary N) is 1. The Balaban J connectivity index is 2.50. The van der Waals surface area contributed by atoms with Crippen molar-refractivity contribution in [1.82, 2.24) is 9.97 Å². The van der Waals surface area contributed by atoms with E-state index in [0.717, 1.165) is 10.9 Å². The largest absolute Gasteiger partial charge is 0.462 e. The molecule has 0 fully saturated rings. The highest BCUT2D eigenvalue weighted by Gasteiger charge is 2.11. The van der Waals surface area contributed by atoms with Crippen LogP contribution in [0.1, 0.15) is 17.3 Å². The minimum atomic E-state index is -0.329. The van der Waals surface area contributed by atoms with Gasteiger partial charge < -0.3 is 9.72 Å². The van der Waals surface area contributed by atoms with Crippen LogP contribution < -0.4 is 0 Å². The molecule has 2 heterocycles. The number of carbonyl (C=O) groups excluding carboxylic acids is 1. The van der Waals surface area contributed by atoms with E-state index < -0.39 is 0 Å². The van der Waals surface area contributed by atoms with E-state index in [1.807, 2.05) is 6.07 Å². The van der Waals surface area contributed by atoms with Crippen molar-refractivity contribution in [2.75, 3.05) is 6.61 Å². The van der Waals surface area contributed by atoms with Gasteiger partial charge in [0.25, 0.3) is 0 Å². The molecule has 0 saturated heterocycles. The highest BCUT2D eigenvalue weighted by Crippen LogP contribution is 2.16. The molecule has 14 heavy (non-hydrogen) atoms. The van der Waals surface area contributed by atoms with Gasteiger partial charge in [0.1, 0.15) is 0 Å². The predicted molar refractivity (Wildman–Crippen MR) is 52.1 cm³/mol. The maximum absolute atomic E-state index is 11.5. The summed E-state index contributed by atoms with van der Waals surface area (Å²) in [7, 11) is 0. The third-order valence-electron chi connectivity index (χ3n) is 1.97. The van der Waals surface area contributed by atoms with E-state index >= 15 is 0 Å². The van der Waals surface area contributed by atoms with Crippen molar-refractivity contribution in [3.63, 3.8) is 0 Å². The molecule has 0 unspecified atom stereocenters. The fraction of sp³-hybridized carbons (Fsp3) is 0.200. The number of pyridine rings is 1. The van der Waals surface area contributed by atoms with Crippen molar-refractivity contribution < 1.29 is 9.53 Å². The van der Waals surface area contributed by atoms with Crippen LogP contribution in [0.4, 0.5) is 0 Å². The molecule has 1 N–H and O–H groups in total. The van der Waals surface area contributed by atoms with Gasteiger partial charge in [0.05, 0.1) is 23.9 Å². The van der Waals surface area contributed by atoms with E-state index in [1.54, 1.807) is 19.3 Å². The highest BCUT2D eigenvalue weighted by atomic mass is 16.5. The molecule has 2 rings (SSSR count). The molecule has 0 aliphatic rings. The molecule has 0 aliphatic heterocycles. The van der Waals surface area contributed by atoms with Crippen molar-refractivity contribution >= 4 is 16.9 Å². The van der Waals surface area contributed by atoms with Gasteiger partial charge in [-0.3, -0.25) is 4.98 Å². The zero-order valence-electron chi connectivity index (χ0n) is 7.78. The van der Waals surface area contributed by atoms with E-state index in [4.69, 9.17) is 4.74 Å². The maximum atomic E-state index is 11.5. The van der Waals surface area contributed by atoms with E-state index in [1.165, 1.54) is 6.20 Å². The Morgan fingerprint density at radius 1 is 1.57 bits per heavy atom. The number of aromatic nitrogens is 2. The summed E-state index contributed by atoms with van der Waals surface area (Å²) >= 11 is 0. The molecule has 0 atom stereocenters. The number of carbonyl (C=O) groups is 1. The monoisotopic (exact) mass is 190 g/mol. The number of ether oxygens (including phenoxy) is 1. The van der Waals surface area contributed by atoms with Crippen LogP contribution in [0, 0.1) is 0 Å². The Kier molecular flexibility index (Phi) is 2.18. The SMILES string of the molecule is CCOC(=O)c1cncc2[nH]ccc12. The van der Waals surface area contributed by atoms with Gasteiger partial charge in [0.15, 0.2) is 0 Å². The van der Waals surface area contributed by atoms with Gasteiger partial charge in [-0.15, -0.1) is 0 Å². The molecule has 0 radical (unpaired) electrons. The van der Waals surface area contributed by atoms with Crippen molar-refractivity contribution in [2.24, 2.45) is 0 Å². The summed E-state index contributed by atoms with van der Waals surface area (Å²) < 4.78 is 4.91. The van der Waals surface area contributed by atoms with Crippen LogP contribution >= 0.6 is 0 Å². The van der Waals surface area contributed by atoms with Crippen molar-refractivity contribution in [2.45, 2.75) is 6.92 Å². The molecule has 4 nitrogen and oxygen atoms in total. The third kappa shape index (κ3) is 1.35. The summed E-state index contributed by atoms with van der Waals surface area (Å²) in [5.41, 5.74) is 1.35. The van der Waals surface area contributed by atoms with Gasteiger partial charge in [0, 0.05) is 17.8 Å². The fourth-order valence-electron chi connectivity index (χ4n) is 1.35. The van der Waals surface area contributed by atoms with E-state index in [0.29, 0.717) is 12.2 Å². The fourth-order valence-corrected chi connectivity index (χ4v) is 1.35. The Bertz CT molecular complexity index is 462. The Morgan fingerprint density at radius 3 is 3.21 bits per heavy atom. The van der Waals surface area contributed by atoms with E-state index in [9.17, 15) is 4.79 Å². The van der Waals surface area contributed by atoms with Gasteiger partial charge in [-0.2, -0.15) is 0 Å². The molecule has 4 heteroatoms. The summed E-state index contributed by atoms with van der Waals surface area (Å²) in [6.45, 7) is 2.15. The van der Waals surface area contributed by atoms with Crippen LogP contribution in [0.25, 0.3) is 10.9 Å². The second kappa shape index (κ2) is 3.49. The quantitative estimate of drug-likeness (QED) is 0.734. The van der Waals surface area contributed by atoms with Gasteiger partial charge in [-0.1, -0.05) is 0 Å². The zero-order chi connectivity index (χ0) is 9.97. The zero-order valence-corrected chi connectivity index (χ0v) is 7.78. The van der Waals surface area contributed by atoms with Crippen molar-refractivity contribution in [1.29, 1.82) is 0 Å². The number of fused-ring (bicyclic) bond motifs is 1. The number of hydrogen-bond donors (Lipinski definition) is 1. The molecule has 0 spiro atoms. The van der Waals surface area contributed by atoms with Gasteiger partial charge in [-0.25, -0.2) is 4.79 Å².